The average molecular weight is 802 g/mol. The summed E-state index contributed by atoms with van der Waals surface area (Å²) in [6.07, 6.45) is -5.33. The number of aromatic nitrogens is 1. The molecule has 4 aromatic rings. The summed E-state index contributed by atoms with van der Waals surface area (Å²) >= 11 is 4.35. The molecule has 15 heteroatoms. The number of carbonyl (C=O) groups is 4. The molecule has 272 valence electrons. The summed E-state index contributed by atoms with van der Waals surface area (Å²) in [5.41, 5.74) is 1.80. The number of hydrogen-bond donors (Lipinski definition) is 0. The van der Waals surface area contributed by atoms with Crippen molar-refractivity contribution in [2.24, 2.45) is 10.2 Å². The molecular weight excluding hydrogens is 768 g/mol. The third kappa shape index (κ3) is 9.92. The van der Waals surface area contributed by atoms with Crippen molar-refractivity contribution in [2.45, 2.75) is 62.6 Å². The number of thioether (sulfide) groups is 1. The summed E-state index contributed by atoms with van der Waals surface area (Å²) in [5, 5.41) is 20.1. The number of hydrogen-bond acceptors (Lipinski definition) is 14. The van der Waals surface area contributed by atoms with Gasteiger partial charge < -0.3 is 23.7 Å². The topological polar surface area (TPSA) is 176 Å². The van der Waals surface area contributed by atoms with Crippen molar-refractivity contribution < 1.29 is 42.9 Å². The summed E-state index contributed by atoms with van der Waals surface area (Å²) in [6.45, 7) is 4.22. The van der Waals surface area contributed by atoms with Crippen LogP contribution in [0.5, 0.6) is 0 Å². The number of carbonyl (C=O) groups excluding carboxylic acids is 4. The van der Waals surface area contributed by atoms with Crippen LogP contribution in [0.4, 0.5) is 11.4 Å². The van der Waals surface area contributed by atoms with Crippen LogP contribution in [-0.2, 0) is 42.9 Å². The van der Waals surface area contributed by atoms with Gasteiger partial charge in [-0.2, -0.15) is 10.4 Å². The van der Waals surface area contributed by atoms with Gasteiger partial charge in [0.05, 0.1) is 16.9 Å². The maximum Gasteiger partial charge on any atom is 0.303 e. The molecule has 5 rings (SSSR count). The van der Waals surface area contributed by atoms with Crippen molar-refractivity contribution in [2.75, 3.05) is 6.61 Å². The molecule has 1 fully saturated rings. The van der Waals surface area contributed by atoms with Crippen LogP contribution in [0.25, 0.3) is 22.4 Å². The number of nitriles is 1. The summed E-state index contributed by atoms with van der Waals surface area (Å²) in [5.74, 6) is -2.92. The molecule has 0 radical (unpaired) electrons. The van der Waals surface area contributed by atoms with Gasteiger partial charge in [-0.05, 0) is 29.8 Å². The molecule has 0 spiro atoms. The van der Waals surface area contributed by atoms with Crippen LogP contribution in [0.15, 0.2) is 105 Å². The minimum absolute atomic E-state index is 0.0958. The van der Waals surface area contributed by atoms with E-state index in [-0.39, 0.29) is 10.6 Å². The van der Waals surface area contributed by atoms with E-state index >= 15 is 0 Å². The van der Waals surface area contributed by atoms with E-state index in [4.69, 9.17) is 28.7 Å². The zero-order valence-corrected chi connectivity index (χ0v) is 31.3. The number of nitrogens with zero attached hydrogens (tertiary/aromatic N) is 4. The molecule has 53 heavy (non-hydrogen) atoms. The van der Waals surface area contributed by atoms with E-state index in [2.05, 4.69) is 32.2 Å². The summed E-state index contributed by atoms with van der Waals surface area (Å²) in [6, 6.07) is 27.8. The highest BCUT2D eigenvalue weighted by Gasteiger charge is 2.53. The molecular formula is C38H33BrN4O9S. The molecule has 1 aliphatic heterocycles. The highest BCUT2D eigenvalue weighted by atomic mass is 79.9. The van der Waals surface area contributed by atoms with Crippen molar-refractivity contribution >= 4 is 62.9 Å². The molecule has 0 saturated carbocycles. The van der Waals surface area contributed by atoms with Gasteiger partial charge in [0.25, 0.3) is 0 Å². The van der Waals surface area contributed by atoms with Gasteiger partial charge in [-0.3, -0.25) is 19.2 Å². The van der Waals surface area contributed by atoms with Crippen LogP contribution in [0.1, 0.15) is 33.3 Å². The van der Waals surface area contributed by atoms with E-state index < -0.39 is 60.3 Å². The van der Waals surface area contributed by atoms with Crippen LogP contribution in [0.2, 0.25) is 0 Å². The van der Waals surface area contributed by atoms with E-state index in [9.17, 15) is 24.4 Å². The lowest BCUT2D eigenvalue weighted by atomic mass is 9.96. The van der Waals surface area contributed by atoms with Crippen LogP contribution in [0.3, 0.4) is 0 Å². The van der Waals surface area contributed by atoms with Gasteiger partial charge in [0.1, 0.15) is 29.5 Å². The lowest BCUT2D eigenvalue weighted by molar-refractivity contribution is -0.237. The summed E-state index contributed by atoms with van der Waals surface area (Å²) in [4.78, 5) is 54.0. The first-order chi connectivity index (χ1) is 25.4. The molecule has 0 bridgehead atoms. The number of benzene rings is 3. The van der Waals surface area contributed by atoms with Gasteiger partial charge in [0.15, 0.2) is 23.7 Å². The molecule has 2 heterocycles. The van der Waals surface area contributed by atoms with E-state index in [1.54, 1.807) is 12.1 Å². The number of rotatable bonds is 11. The Hall–Kier alpha value is -5.43. The smallest absolute Gasteiger partial charge is 0.303 e. The fraction of sp³-hybridized carbons (Fsp3) is 0.263. The second-order valence-corrected chi connectivity index (χ2v) is 13.6. The van der Waals surface area contributed by atoms with Gasteiger partial charge in [-0.25, -0.2) is 4.98 Å². The lowest BCUT2D eigenvalue weighted by Gasteiger charge is -2.44. The molecule has 1 aromatic heterocycles. The van der Waals surface area contributed by atoms with Crippen molar-refractivity contribution in [3.63, 3.8) is 0 Å². The Morgan fingerprint density at radius 3 is 1.91 bits per heavy atom. The molecule has 0 amide bonds. The van der Waals surface area contributed by atoms with Gasteiger partial charge in [0, 0.05) is 43.3 Å². The second kappa shape index (κ2) is 17.9. The highest BCUT2D eigenvalue weighted by Crippen LogP contribution is 2.46. The van der Waals surface area contributed by atoms with Crippen molar-refractivity contribution in [1.82, 2.24) is 4.98 Å². The van der Waals surface area contributed by atoms with E-state index in [1.165, 1.54) is 6.92 Å². The third-order valence-electron chi connectivity index (χ3n) is 7.63. The first-order valence-corrected chi connectivity index (χ1v) is 17.9. The normalized spacial score (nSPS) is 19.5. The molecule has 3 aromatic carbocycles. The van der Waals surface area contributed by atoms with Crippen LogP contribution in [-0.4, -0.2) is 65.3 Å². The van der Waals surface area contributed by atoms with Gasteiger partial charge >= 0.3 is 23.9 Å². The molecule has 5 atom stereocenters. The predicted molar refractivity (Wildman–Crippen MR) is 196 cm³/mol. The van der Waals surface area contributed by atoms with Crippen LogP contribution in [0, 0.1) is 11.3 Å². The first kappa shape index (κ1) is 38.8. The fourth-order valence-electron chi connectivity index (χ4n) is 5.53. The SMILES string of the molecule is CC(=O)OC[C@H]1O[C@@H](Sc2nc(-c3ccccc3)c(N=Nc3ccc(Br)cc3)c(-c3ccccc3)c2C#N)[C@H](OC(C)=O)[C@@H](OC(C)=O)[C@@H]1OC(C)=O. The third-order valence-corrected chi connectivity index (χ3v) is 9.29. The Morgan fingerprint density at radius 2 is 1.34 bits per heavy atom. The summed E-state index contributed by atoms with van der Waals surface area (Å²) in [7, 11) is 0. The van der Waals surface area contributed by atoms with E-state index in [0.717, 1.165) is 37.0 Å². The Balaban J connectivity index is 1.74. The Labute approximate surface area is 317 Å². The van der Waals surface area contributed by atoms with Crippen molar-refractivity contribution in [1.29, 1.82) is 5.26 Å². The number of esters is 4. The van der Waals surface area contributed by atoms with Gasteiger partial charge in [-0.1, -0.05) is 88.4 Å². The van der Waals surface area contributed by atoms with E-state index in [0.29, 0.717) is 33.8 Å². The Bertz CT molecular complexity index is 2040. The monoisotopic (exact) mass is 800 g/mol. The molecule has 0 N–H and O–H groups in total. The quantitative estimate of drug-likeness (QED) is 0.0825. The zero-order chi connectivity index (χ0) is 38.1. The number of ether oxygens (including phenoxy) is 5. The van der Waals surface area contributed by atoms with Gasteiger partial charge in [0.2, 0.25) is 0 Å². The largest absolute Gasteiger partial charge is 0.463 e. The second-order valence-electron chi connectivity index (χ2n) is 11.6. The molecule has 1 saturated heterocycles. The number of halogens is 1. The highest BCUT2D eigenvalue weighted by molar-refractivity contribution is 9.10. The van der Waals surface area contributed by atoms with E-state index in [1.807, 2.05) is 72.8 Å². The van der Waals surface area contributed by atoms with Crippen molar-refractivity contribution in [3.8, 4) is 28.5 Å². The Morgan fingerprint density at radius 1 is 0.774 bits per heavy atom. The average Bonchev–Trinajstić information content (AvgIpc) is 3.13. The maximum atomic E-state index is 12.5. The minimum atomic E-state index is -1.40. The number of azo groups is 1. The zero-order valence-electron chi connectivity index (χ0n) is 28.9. The molecule has 0 unspecified atom stereocenters. The number of pyridine rings is 1. The fourth-order valence-corrected chi connectivity index (χ4v) is 6.97. The van der Waals surface area contributed by atoms with Crippen LogP contribution < -0.4 is 0 Å². The van der Waals surface area contributed by atoms with Gasteiger partial charge in [-0.15, -0.1) is 5.11 Å². The predicted octanol–water partition coefficient (Wildman–Crippen LogP) is 7.64. The first-order valence-electron chi connectivity index (χ1n) is 16.2. The van der Waals surface area contributed by atoms with Crippen LogP contribution >= 0.6 is 27.7 Å². The minimum Gasteiger partial charge on any atom is -0.463 e. The van der Waals surface area contributed by atoms with Crippen molar-refractivity contribution in [3.05, 3.63) is 95.0 Å². The standard InChI is InChI=1S/C38H33BrN4O9S/c1-21(44)48-20-30-34(49-22(2)45)35(50-23(3)46)36(51-24(4)47)38(52-30)53-37-29(19-40)31(25-11-7-5-8-12-25)33(32(41-37)26-13-9-6-10-14-26)43-42-28-17-15-27(39)16-18-28/h5-18,30,34-36,38H,20H2,1-4H3/t30-,34-,35+,36-,38+/m1/s1. The molecule has 1 aliphatic rings. The lowest BCUT2D eigenvalue weighted by Crippen LogP contribution is -2.61. The Kier molecular flexibility index (Phi) is 13.1. The molecule has 0 aliphatic carbocycles. The summed E-state index contributed by atoms with van der Waals surface area (Å²) < 4.78 is 29.3. The maximum absolute atomic E-state index is 12.5. The molecule has 13 nitrogen and oxygen atoms in total.